The normalized spacial score (nSPS) is 9.47. The van der Waals surface area contributed by atoms with Gasteiger partial charge in [-0.15, -0.1) is 0 Å². The summed E-state index contributed by atoms with van der Waals surface area (Å²) in [6, 6.07) is 13.6. The van der Waals surface area contributed by atoms with E-state index in [-0.39, 0.29) is 11.1 Å². The number of aromatic nitrogens is 1. The highest BCUT2D eigenvalue weighted by atomic mass is 35.5. The minimum atomic E-state index is -0.305. The second-order valence-corrected chi connectivity index (χ2v) is 4.01. The minimum absolute atomic E-state index is 0.176. The Morgan fingerprint density at radius 3 is 2.68 bits per heavy atom. The summed E-state index contributed by atoms with van der Waals surface area (Å²) in [6.07, 6.45) is 0. The van der Waals surface area contributed by atoms with Crippen LogP contribution in [0.5, 0.6) is 0 Å². The van der Waals surface area contributed by atoms with Crippen LogP contribution in [0.15, 0.2) is 42.5 Å². The predicted octanol–water partition coefficient (Wildman–Crippen LogP) is 2.36. The molecule has 0 saturated heterocycles. The molecule has 19 heavy (non-hydrogen) atoms. The van der Waals surface area contributed by atoms with Gasteiger partial charge in [-0.05, 0) is 18.2 Å². The largest absolute Gasteiger partial charge is 0.282 e. The number of benzene rings is 1. The molecule has 94 valence electrons. The molecule has 2 aromatic rings. The number of carbonyl (C=O) groups excluding carboxylic acids is 1. The summed E-state index contributed by atoms with van der Waals surface area (Å²) >= 11 is 5.75. The quantitative estimate of drug-likeness (QED) is 0.664. The number of hydrazine groups is 1. The van der Waals surface area contributed by atoms with Gasteiger partial charge in [0.2, 0.25) is 0 Å². The van der Waals surface area contributed by atoms with E-state index in [1.54, 1.807) is 24.3 Å². The molecule has 0 spiro atoms. The summed E-state index contributed by atoms with van der Waals surface area (Å²) < 4.78 is 0. The molecule has 0 aliphatic rings. The van der Waals surface area contributed by atoms with E-state index in [0.29, 0.717) is 16.9 Å². The van der Waals surface area contributed by atoms with Crippen molar-refractivity contribution in [2.45, 2.75) is 0 Å². The van der Waals surface area contributed by atoms with Crippen molar-refractivity contribution in [3.63, 3.8) is 0 Å². The van der Waals surface area contributed by atoms with Crippen LogP contribution in [0.1, 0.15) is 15.9 Å². The summed E-state index contributed by atoms with van der Waals surface area (Å²) in [5, 5.41) is 8.97. The Bertz CT molecular complexity index is 637. The third-order valence-electron chi connectivity index (χ3n) is 2.26. The Morgan fingerprint density at radius 2 is 2.00 bits per heavy atom. The lowest BCUT2D eigenvalue weighted by atomic mass is 10.2. The van der Waals surface area contributed by atoms with Crippen molar-refractivity contribution in [2.75, 3.05) is 5.43 Å². The highest BCUT2D eigenvalue weighted by molar-refractivity contribution is 6.29. The number of amides is 1. The van der Waals surface area contributed by atoms with Gasteiger partial charge < -0.3 is 0 Å². The zero-order chi connectivity index (χ0) is 13.7. The highest BCUT2D eigenvalue weighted by Gasteiger charge is 2.05. The number of hydrogen-bond acceptors (Lipinski definition) is 4. The third kappa shape index (κ3) is 3.44. The highest BCUT2D eigenvalue weighted by Crippen LogP contribution is 2.13. The van der Waals surface area contributed by atoms with E-state index < -0.39 is 0 Å². The van der Waals surface area contributed by atoms with E-state index in [2.05, 4.69) is 15.8 Å². The van der Waals surface area contributed by atoms with E-state index >= 15 is 0 Å². The molecule has 0 radical (unpaired) electrons. The number of halogens is 1. The molecule has 6 heteroatoms. The van der Waals surface area contributed by atoms with Crippen LogP contribution < -0.4 is 10.9 Å². The third-order valence-corrected chi connectivity index (χ3v) is 2.46. The molecule has 0 fully saturated rings. The number of rotatable bonds is 3. The van der Waals surface area contributed by atoms with Crippen molar-refractivity contribution in [2.24, 2.45) is 0 Å². The van der Waals surface area contributed by atoms with Crippen molar-refractivity contribution >= 4 is 23.3 Å². The number of nitrogens with one attached hydrogen (secondary N) is 2. The van der Waals surface area contributed by atoms with Gasteiger partial charge in [-0.1, -0.05) is 29.8 Å². The van der Waals surface area contributed by atoms with Crippen molar-refractivity contribution in [1.29, 1.82) is 5.26 Å². The van der Waals surface area contributed by atoms with E-state index in [0.717, 1.165) is 0 Å². The van der Waals surface area contributed by atoms with Crippen molar-refractivity contribution in [3.8, 4) is 6.07 Å². The Balaban J connectivity index is 2.05. The SMILES string of the molecule is N#Cc1cc(Cl)nc(NNC(=O)c2ccccc2)c1. The smallest absolute Gasteiger partial charge is 0.269 e. The van der Waals surface area contributed by atoms with Crippen LogP contribution >= 0.6 is 11.6 Å². The summed E-state index contributed by atoms with van der Waals surface area (Å²) in [5.74, 6) is -0.00536. The second-order valence-electron chi connectivity index (χ2n) is 3.62. The standard InChI is InChI=1S/C13H9ClN4O/c14-11-6-9(8-15)7-12(16-11)17-18-13(19)10-4-2-1-3-5-10/h1-7H,(H,16,17)(H,18,19). The lowest BCUT2D eigenvalue weighted by molar-refractivity contribution is 0.0962. The van der Waals surface area contributed by atoms with E-state index in [9.17, 15) is 4.79 Å². The molecule has 0 aliphatic heterocycles. The molecule has 0 bridgehead atoms. The van der Waals surface area contributed by atoms with E-state index in [1.165, 1.54) is 12.1 Å². The van der Waals surface area contributed by atoms with Crippen LogP contribution in [0.25, 0.3) is 0 Å². The van der Waals surface area contributed by atoms with Gasteiger partial charge in [0.05, 0.1) is 11.6 Å². The molecular formula is C13H9ClN4O. The predicted molar refractivity (Wildman–Crippen MR) is 71.5 cm³/mol. The Morgan fingerprint density at radius 1 is 1.26 bits per heavy atom. The zero-order valence-corrected chi connectivity index (χ0v) is 10.5. The first kappa shape index (κ1) is 12.9. The second kappa shape index (κ2) is 5.85. The topological polar surface area (TPSA) is 77.8 Å². The maximum atomic E-state index is 11.8. The molecule has 5 nitrogen and oxygen atoms in total. The molecule has 0 unspecified atom stereocenters. The maximum absolute atomic E-state index is 11.8. The monoisotopic (exact) mass is 272 g/mol. The number of anilines is 1. The average Bonchev–Trinajstić information content (AvgIpc) is 2.45. The van der Waals surface area contributed by atoms with Crippen LogP contribution in [-0.4, -0.2) is 10.9 Å². The van der Waals surface area contributed by atoms with Crippen LogP contribution in [0.3, 0.4) is 0 Å². The summed E-state index contributed by atoms with van der Waals surface area (Å²) in [6.45, 7) is 0. The molecule has 2 rings (SSSR count). The van der Waals surface area contributed by atoms with Gasteiger partial charge >= 0.3 is 0 Å². The lowest BCUT2D eigenvalue weighted by Gasteiger charge is -2.08. The fourth-order valence-electron chi connectivity index (χ4n) is 1.41. The van der Waals surface area contributed by atoms with Crippen molar-refractivity contribution < 1.29 is 4.79 Å². The first-order chi connectivity index (χ1) is 9.19. The molecule has 1 aromatic carbocycles. The van der Waals surface area contributed by atoms with Gasteiger partial charge in [0.1, 0.15) is 11.0 Å². The van der Waals surface area contributed by atoms with Gasteiger partial charge in [-0.2, -0.15) is 5.26 Å². The molecule has 1 heterocycles. The average molecular weight is 273 g/mol. The summed E-state index contributed by atoms with van der Waals surface area (Å²) in [4.78, 5) is 15.7. The molecule has 1 aromatic heterocycles. The fraction of sp³-hybridized carbons (Fsp3) is 0. The molecule has 0 saturated carbocycles. The van der Waals surface area contributed by atoms with Gasteiger partial charge in [0, 0.05) is 11.6 Å². The lowest BCUT2D eigenvalue weighted by Crippen LogP contribution is -2.29. The van der Waals surface area contributed by atoms with Crippen LogP contribution in [-0.2, 0) is 0 Å². The van der Waals surface area contributed by atoms with E-state index in [1.807, 2.05) is 12.1 Å². The number of nitriles is 1. The fourth-order valence-corrected chi connectivity index (χ4v) is 1.62. The van der Waals surface area contributed by atoms with Gasteiger partial charge in [-0.25, -0.2) is 4.98 Å². The molecule has 0 atom stereocenters. The number of hydrogen-bond donors (Lipinski definition) is 2. The first-order valence-corrected chi connectivity index (χ1v) is 5.76. The zero-order valence-electron chi connectivity index (χ0n) is 9.72. The summed E-state index contributed by atoms with van der Waals surface area (Å²) in [5.41, 5.74) is 5.96. The Labute approximate surface area is 114 Å². The van der Waals surface area contributed by atoms with Gasteiger partial charge in [0.15, 0.2) is 0 Å². The number of nitrogens with zero attached hydrogens (tertiary/aromatic N) is 2. The van der Waals surface area contributed by atoms with Crippen molar-refractivity contribution in [1.82, 2.24) is 10.4 Å². The van der Waals surface area contributed by atoms with Crippen molar-refractivity contribution in [3.05, 3.63) is 58.7 Å². The number of carbonyl (C=O) groups is 1. The molecule has 2 N–H and O–H groups in total. The summed E-state index contributed by atoms with van der Waals surface area (Å²) in [7, 11) is 0. The minimum Gasteiger partial charge on any atom is -0.282 e. The number of pyridine rings is 1. The molecular weight excluding hydrogens is 264 g/mol. The van der Waals surface area contributed by atoms with Crippen LogP contribution in [0.2, 0.25) is 5.15 Å². The first-order valence-electron chi connectivity index (χ1n) is 5.38. The maximum Gasteiger partial charge on any atom is 0.269 e. The van der Waals surface area contributed by atoms with Gasteiger partial charge in [0.25, 0.3) is 5.91 Å². The Hall–Kier alpha value is -2.58. The van der Waals surface area contributed by atoms with Crippen LogP contribution in [0, 0.1) is 11.3 Å². The molecule has 0 aliphatic carbocycles. The molecule has 1 amide bonds. The van der Waals surface area contributed by atoms with Gasteiger partial charge in [-0.3, -0.25) is 15.6 Å². The van der Waals surface area contributed by atoms with E-state index in [4.69, 9.17) is 16.9 Å². The van der Waals surface area contributed by atoms with Crippen LogP contribution in [0.4, 0.5) is 5.82 Å². The Kier molecular flexibility index (Phi) is 3.96.